The second-order valence-electron chi connectivity index (χ2n) is 5.07. The molecule has 19 heavy (non-hydrogen) atoms. The monoisotopic (exact) mass is 387 g/mol. The van der Waals surface area contributed by atoms with Gasteiger partial charge < -0.3 is 24.8 Å². The van der Waals surface area contributed by atoms with Gasteiger partial charge in [-0.2, -0.15) is 6.08 Å². The summed E-state index contributed by atoms with van der Waals surface area (Å²) in [4.78, 5) is 0. The van der Waals surface area contributed by atoms with E-state index in [0.29, 0.717) is 0 Å². The van der Waals surface area contributed by atoms with E-state index >= 15 is 0 Å². The predicted molar refractivity (Wildman–Crippen MR) is 77.1 cm³/mol. The molecule has 1 aromatic rings. The van der Waals surface area contributed by atoms with Gasteiger partial charge in [-0.25, -0.2) is 12.2 Å². The van der Waals surface area contributed by atoms with Crippen LogP contribution < -0.4 is 29.9 Å². The number of rotatable bonds is 1. The molecule has 1 aliphatic carbocycles. The van der Waals surface area contributed by atoms with Gasteiger partial charge in [-0.3, -0.25) is 6.08 Å². The molecule has 0 amide bonds. The molecule has 0 N–H and O–H groups in total. The van der Waals surface area contributed by atoms with E-state index < -0.39 is 8.07 Å². The van der Waals surface area contributed by atoms with Crippen molar-refractivity contribution in [2.45, 2.75) is 33.0 Å². The first-order valence-electron chi connectivity index (χ1n) is 5.79. The van der Waals surface area contributed by atoms with E-state index in [2.05, 4.69) is 63.7 Å². The minimum Gasteiger partial charge on any atom is -1.00 e. The molecule has 0 spiro atoms. The third-order valence-corrected chi connectivity index (χ3v) is 4.72. The van der Waals surface area contributed by atoms with Gasteiger partial charge in [0.15, 0.2) is 0 Å². The summed E-state index contributed by atoms with van der Waals surface area (Å²) < 4.78 is 0. The summed E-state index contributed by atoms with van der Waals surface area (Å²) in [6.07, 6.45) is 10.0. The van der Waals surface area contributed by atoms with Gasteiger partial charge in [0.25, 0.3) is 0 Å². The maximum atomic E-state index is 2.99. The molecule has 0 bridgehead atoms. The van der Waals surface area contributed by atoms with E-state index in [1.807, 2.05) is 12.2 Å². The molecular weight excluding hydrogens is 369 g/mol. The van der Waals surface area contributed by atoms with Crippen LogP contribution in [0.1, 0.15) is 12.0 Å². The van der Waals surface area contributed by atoms with Gasteiger partial charge in [-0.1, -0.05) is 0 Å². The van der Waals surface area contributed by atoms with Crippen molar-refractivity contribution in [2.24, 2.45) is 0 Å². The first-order valence-corrected chi connectivity index (χ1v) is 9.29. The van der Waals surface area contributed by atoms with Crippen LogP contribution in [0.15, 0.2) is 36.3 Å². The van der Waals surface area contributed by atoms with Gasteiger partial charge in [0.1, 0.15) is 0 Å². The molecule has 101 valence electrons. The Kier molecular flexibility index (Phi) is 15.9. The molecular formula is C14H20BCl2SiZr. The van der Waals surface area contributed by atoms with Crippen LogP contribution in [0.3, 0.4) is 0 Å². The Labute approximate surface area is 151 Å². The molecule has 0 unspecified atom stereocenters. The summed E-state index contributed by atoms with van der Waals surface area (Å²) >= 11 is 0. The molecule has 0 aliphatic heterocycles. The Bertz CT molecular complexity index is 391. The van der Waals surface area contributed by atoms with Crippen molar-refractivity contribution >= 4 is 20.1 Å². The standard InChI is InChI=1S/C9H15BSi.C5H5.2ClH.Zr/c1-8-6-5-7-10-9(8)11(2,3)4;1-2-4-5-3-1;;;/h5-7H,1-4H3;1-3H,4H2;2*1H;/q;-1;;;+3/p-2. The summed E-state index contributed by atoms with van der Waals surface area (Å²) in [6, 6.07) is 4.31. The SMILES string of the molecule is Cc1cccbc1[Si](C)(C)C.[C-]1=CC=CC1.[Cl-].[Cl-].[Zr+3]. The summed E-state index contributed by atoms with van der Waals surface area (Å²) in [5, 5.41) is 1.58. The van der Waals surface area contributed by atoms with Crippen molar-refractivity contribution in [3.63, 3.8) is 0 Å². The Morgan fingerprint density at radius 2 is 1.84 bits per heavy atom. The van der Waals surface area contributed by atoms with Gasteiger partial charge in [0.2, 0.25) is 0 Å². The molecule has 0 nitrogen and oxygen atoms in total. The summed E-state index contributed by atoms with van der Waals surface area (Å²) in [5.41, 5.74) is 1.45. The molecule has 0 fully saturated rings. The van der Waals surface area contributed by atoms with Crippen LogP contribution in [0.4, 0.5) is 0 Å². The molecule has 0 aromatic carbocycles. The zero-order chi connectivity index (χ0) is 12.0. The van der Waals surface area contributed by atoms with Crippen LogP contribution in [-0.4, -0.2) is 15.0 Å². The third kappa shape index (κ3) is 10.0. The predicted octanol–water partition coefficient (Wildman–Crippen LogP) is -2.81. The Morgan fingerprint density at radius 3 is 2.11 bits per heavy atom. The average Bonchev–Trinajstić information content (AvgIpc) is 2.74. The number of hydrogen-bond donors (Lipinski definition) is 0. The topological polar surface area (TPSA) is 0 Å². The average molecular weight is 389 g/mol. The van der Waals surface area contributed by atoms with Gasteiger partial charge >= 0.3 is 96.5 Å². The van der Waals surface area contributed by atoms with Crippen molar-refractivity contribution in [3.05, 3.63) is 48.0 Å². The second-order valence-corrected chi connectivity index (χ2v) is 10.1. The van der Waals surface area contributed by atoms with Crippen molar-refractivity contribution in [2.75, 3.05) is 0 Å². The van der Waals surface area contributed by atoms with Gasteiger partial charge in [-0.05, 0) is 0 Å². The summed E-state index contributed by atoms with van der Waals surface area (Å²) in [6.45, 7) is 11.6. The van der Waals surface area contributed by atoms with Crippen LogP contribution in [0.25, 0.3) is 0 Å². The van der Waals surface area contributed by atoms with Gasteiger partial charge in [-0.15, -0.1) is 6.42 Å². The fourth-order valence-corrected chi connectivity index (χ4v) is 3.62. The van der Waals surface area contributed by atoms with E-state index in [4.69, 9.17) is 0 Å². The van der Waals surface area contributed by atoms with Crippen LogP contribution in [0.2, 0.25) is 19.6 Å². The Morgan fingerprint density at radius 1 is 1.21 bits per heavy atom. The van der Waals surface area contributed by atoms with E-state index in [1.165, 1.54) is 5.56 Å². The molecule has 2 rings (SSSR count). The molecule has 0 saturated carbocycles. The molecule has 1 heterocycles. The number of allylic oxidation sites excluding steroid dienone is 4. The summed E-state index contributed by atoms with van der Waals surface area (Å²) in [7, 11) is -1.08. The normalized spacial score (nSPS) is 11.2. The van der Waals surface area contributed by atoms with Crippen molar-refractivity contribution in [1.29, 1.82) is 0 Å². The molecule has 5 heteroatoms. The fraction of sp³-hybridized carbons (Fsp3) is 0.357. The molecule has 1 radical (unpaired) electrons. The molecule has 1 aliphatic rings. The maximum Gasteiger partial charge on any atom is 3.00 e. The van der Waals surface area contributed by atoms with Crippen LogP contribution in [-0.2, 0) is 26.2 Å². The minimum atomic E-state index is -1.08. The minimum absolute atomic E-state index is 0. The zero-order valence-electron chi connectivity index (χ0n) is 12.0. The quantitative estimate of drug-likeness (QED) is 0.360. The van der Waals surface area contributed by atoms with Crippen LogP contribution in [0, 0.1) is 13.0 Å². The smallest absolute Gasteiger partial charge is 1.00 e. The van der Waals surface area contributed by atoms with Crippen molar-refractivity contribution in [3.8, 4) is 0 Å². The van der Waals surface area contributed by atoms with E-state index in [9.17, 15) is 0 Å². The van der Waals surface area contributed by atoms with Crippen LogP contribution >= 0.6 is 0 Å². The summed E-state index contributed by atoms with van der Waals surface area (Å²) in [5.74, 6) is 2.14. The van der Waals surface area contributed by atoms with Gasteiger partial charge in [0, 0.05) is 0 Å². The zero-order valence-corrected chi connectivity index (χ0v) is 17.0. The van der Waals surface area contributed by atoms with Crippen molar-refractivity contribution < 1.29 is 51.0 Å². The third-order valence-electron chi connectivity index (χ3n) is 2.54. The number of aryl methyl sites for hydroxylation is 1. The Hall–Kier alpha value is 0.575. The van der Waals surface area contributed by atoms with Gasteiger partial charge in [0.05, 0.1) is 0 Å². The Balaban J connectivity index is -0.000000277. The van der Waals surface area contributed by atoms with Crippen molar-refractivity contribution in [1.82, 2.24) is 0 Å². The molecule has 1 aromatic heterocycles. The second kappa shape index (κ2) is 12.3. The molecule has 0 atom stereocenters. The van der Waals surface area contributed by atoms with E-state index in [0.717, 1.165) is 6.42 Å². The maximum absolute atomic E-state index is 2.99. The van der Waals surface area contributed by atoms with E-state index in [-0.39, 0.29) is 51.0 Å². The van der Waals surface area contributed by atoms with Crippen LogP contribution in [0.5, 0.6) is 0 Å². The first kappa shape index (κ1) is 24.6. The largest absolute Gasteiger partial charge is 3.00 e. The van der Waals surface area contributed by atoms with E-state index in [1.54, 1.807) is 5.08 Å². The fourth-order valence-electron chi connectivity index (χ4n) is 1.75. The first-order chi connectivity index (χ1) is 7.52. The molecule has 0 saturated heterocycles. The number of hydrogen-bond acceptors (Lipinski definition) is 0. The number of halogens is 2.